The summed E-state index contributed by atoms with van der Waals surface area (Å²) < 4.78 is 13.4. The second kappa shape index (κ2) is 4.75. The van der Waals surface area contributed by atoms with E-state index in [1.807, 2.05) is 6.07 Å². The normalized spacial score (nSPS) is 19.8. The maximum absolute atomic E-state index is 13.4. The van der Waals surface area contributed by atoms with E-state index in [-0.39, 0.29) is 11.4 Å². The maximum Gasteiger partial charge on any atom is 0.123 e. The molecular formula is C14H21FN2. The lowest BCUT2D eigenvalue weighted by Gasteiger charge is -2.31. The van der Waals surface area contributed by atoms with E-state index in [9.17, 15) is 4.39 Å². The second-order valence-corrected chi connectivity index (χ2v) is 5.51. The van der Waals surface area contributed by atoms with Crippen molar-refractivity contribution in [2.45, 2.75) is 45.3 Å². The Morgan fingerprint density at radius 3 is 2.59 bits per heavy atom. The fraction of sp³-hybridized carbons (Fsp3) is 0.571. The largest absolute Gasteiger partial charge is 0.326 e. The Labute approximate surface area is 103 Å². The number of rotatable bonds is 3. The third-order valence-electron chi connectivity index (χ3n) is 3.70. The van der Waals surface area contributed by atoms with E-state index in [4.69, 9.17) is 5.73 Å². The zero-order valence-electron chi connectivity index (χ0n) is 10.7. The first-order chi connectivity index (χ1) is 8.01. The van der Waals surface area contributed by atoms with E-state index in [0.717, 1.165) is 24.2 Å². The molecule has 0 spiro atoms. The van der Waals surface area contributed by atoms with Crippen LogP contribution in [0.3, 0.4) is 0 Å². The molecule has 1 aromatic carbocycles. The van der Waals surface area contributed by atoms with Crippen LogP contribution >= 0.6 is 0 Å². The number of nitrogens with two attached hydrogens (primary N) is 1. The van der Waals surface area contributed by atoms with Gasteiger partial charge in [-0.3, -0.25) is 4.90 Å². The molecule has 1 aromatic rings. The summed E-state index contributed by atoms with van der Waals surface area (Å²) in [7, 11) is 0. The Morgan fingerprint density at radius 2 is 2.00 bits per heavy atom. The van der Waals surface area contributed by atoms with E-state index in [1.54, 1.807) is 6.07 Å². The summed E-state index contributed by atoms with van der Waals surface area (Å²) in [6.45, 7) is 6.82. The molecule has 0 amide bonds. The molecule has 1 saturated heterocycles. The van der Waals surface area contributed by atoms with Gasteiger partial charge in [-0.25, -0.2) is 4.39 Å². The van der Waals surface area contributed by atoms with Gasteiger partial charge in [0.2, 0.25) is 0 Å². The van der Waals surface area contributed by atoms with Crippen molar-refractivity contribution >= 4 is 0 Å². The number of nitrogens with zero attached hydrogens (tertiary/aromatic N) is 1. The molecule has 17 heavy (non-hydrogen) atoms. The summed E-state index contributed by atoms with van der Waals surface area (Å²) in [6, 6.07) is 5.14. The van der Waals surface area contributed by atoms with E-state index in [1.165, 1.54) is 18.9 Å². The Balaban J connectivity index is 2.15. The van der Waals surface area contributed by atoms with Gasteiger partial charge in [0.1, 0.15) is 5.82 Å². The van der Waals surface area contributed by atoms with Gasteiger partial charge in [0.05, 0.1) is 0 Å². The summed E-state index contributed by atoms with van der Waals surface area (Å²) in [5, 5.41) is 0. The fourth-order valence-electron chi connectivity index (χ4n) is 2.60. The van der Waals surface area contributed by atoms with Crippen molar-refractivity contribution in [2.75, 3.05) is 6.54 Å². The summed E-state index contributed by atoms with van der Waals surface area (Å²) in [5.41, 5.74) is 7.70. The van der Waals surface area contributed by atoms with Gasteiger partial charge in [-0.2, -0.15) is 0 Å². The Hall–Kier alpha value is -0.930. The summed E-state index contributed by atoms with van der Waals surface area (Å²) in [5.74, 6) is -0.181. The molecule has 1 fully saturated rings. The average molecular weight is 236 g/mol. The molecular weight excluding hydrogens is 215 g/mol. The third kappa shape index (κ3) is 2.85. The van der Waals surface area contributed by atoms with Gasteiger partial charge in [-0.1, -0.05) is 6.07 Å². The number of hydrogen-bond acceptors (Lipinski definition) is 2. The molecule has 0 atom stereocenters. The van der Waals surface area contributed by atoms with Crippen LogP contribution in [0.1, 0.15) is 37.8 Å². The predicted molar refractivity (Wildman–Crippen MR) is 68.0 cm³/mol. The Bertz CT molecular complexity index is 401. The molecule has 94 valence electrons. The van der Waals surface area contributed by atoms with E-state index < -0.39 is 0 Å². The summed E-state index contributed by atoms with van der Waals surface area (Å²) in [4.78, 5) is 2.42. The van der Waals surface area contributed by atoms with Crippen molar-refractivity contribution in [3.63, 3.8) is 0 Å². The number of benzene rings is 1. The van der Waals surface area contributed by atoms with E-state index >= 15 is 0 Å². The van der Waals surface area contributed by atoms with Crippen LogP contribution in [-0.2, 0) is 13.1 Å². The van der Waals surface area contributed by atoms with Crippen molar-refractivity contribution in [1.82, 2.24) is 4.90 Å². The van der Waals surface area contributed by atoms with Gasteiger partial charge >= 0.3 is 0 Å². The number of hydrogen-bond donors (Lipinski definition) is 1. The first-order valence-electron chi connectivity index (χ1n) is 6.25. The molecule has 0 saturated carbocycles. The molecule has 0 unspecified atom stereocenters. The van der Waals surface area contributed by atoms with Crippen LogP contribution in [0.4, 0.5) is 4.39 Å². The molecule has 3 heteroatoms. The summed E-state index contributed by atoms with van der Waals surface area (Å²) >= 11 is 0. The van der Waals surface area contributed by atoms with Gasteiger partial charge in [0, 0.05) is 18.6 Å². The molecule has 0 aliphatic carbocycles. The van der Waals surface area contributed by atoms with Gasteiger partial charge < -0.3 is 5.73 Å². The molecule has 1 aliphatic rings. The molecule has 2 N–H and O–H groups in total. The van der Waals surface area contributed by atoms with Crippen LogP contribution in [0.2, 0.25) is 0 Å². The lowest BCUT2D eigenvalue weighted by Crippen LogP contribution is -2.37. The quantitative estimate of drug-likeness (QED) is 0.874. The zero-order valence-corrected chi connectivity index (χ0v) is 10.7. The smallest absolute Gasteiger partial charge is 0.123 e. The van der Waals surface area contributed by atoms with Crippen LogP contribution in [0, 0.1) is 5.82 Å². The number of halogens is 1. The van der Waals surface area contributed by atoms with Gasteiger partial charge in [0.15, 0.2) is 0 Å². The van der Waals surface area contributed by atoms with Crippen LogP contribution in [-0.4, -0.2) is 17.0 Å². The van der Waals surface area contributed by atoms with E-state index in [2.05, 4.69) is 18.7 Å². The van der Waals surface area contributed by atoms with Crippen LogP contribution in [0.5, 0.6) is 0 Å². The Kier molecular flexibility index (Phi) is 3.50. The third-order valence-corrected chi connectivity index (χ3v) is 3.70. The topological polar surface area (TPSA) is 29.3 Å². The highest BCUT2D eigenvalue weighted by atomic mass is 19.1. The molecule has 1 aliphatic heterocycles. The van der Waals surface area contributed by atoms with Crippen molar-refractivity contribution in [3.8, 4) is 0 Å². The lowest BCUT2D eigenvalue weighted by atomic mass is 10.0. The fourth-order valence-corrected chi connectivity index (χ4v) is 2.60. The van der Waals surface area contributed by atoms with Crippen LogP contribution < -0.4 is 5.73 Å². The average Bonchev–Trinajstić information content (AvgIpc) is 2.57. The first kappa shape index (κ1) is 12.5. The van der Waals surface area contributed by atoms with Crippen molar-refractivity contribution in [2.24, 2.45) is 5.73 Å². The molecule has 0 aromatic heterocycles. The van der Waals surface area contributed by atoms with E-state index in [0.29, 0.717) is 6.54 Å². The van der Waals surface area contributed by atoms with Gasteiger partial charge in [-0.05, 0) is 56.5 Å². The SMILES string of the molecule is CC1(C)CCCN1Cc1cc(F)cc(CN)c1. The highest BCUT2D eigenvalue weighted by molar-refractivity contribution is 5.25. The van der Waals surface area contributed by atoms with Crippen LogP contribution in [0.15, 0.2) is 18.2 Å². The lowest BCUT2D eigenvalue weighted by molar-refractivity contribution is 0.166. The predicted octanol–water partition coefficient (Wildman–Crippen LogP) is 2.66. The monoisotopic (exact) mass is 236 g/mol. The van der Waals surface area contributed by atoms with Crippen LogP contribution in [0.25, 0.3) is 0 Å². The molecule has 0 bridgehead atoms. The van der Waals surface area contributed by atoms with Gasteiger partial charge in [-0.15, -0.1) is 0 Å². The Morgan fingerprint density at radius 1 is 1.29 bits per heavy atom. The highest BCUT2D eigenvalue weighted by Gasteiger charge is 2.31. The summed E-state index contributed by atoms with van der Waals surface area (Å²) in [6.07, 6.45) is 2.44. The molecule has 2 nitrogen and oxygen atoms in total. The maximum atomic E-state index is 13.4. The minimum Gasteiger partial charge on any atom is -0.326 e. The van der Waals surface area contributed by atoms with Gasteiger partial charge in [0.25, 0.3) is 0 Å². The molecule has 1 heterocycles. The first-order valence-corrected chi connectivity index (χ1v) is 6.25. The minimum atomic E-state index is -0.181. The standard InChI is InChI=1S/C14H21FN2/c1-14(2)4-3-5-17(14)10-12-6-11(9-16)7-13(15)8-12/h6-8H,3-5,9-10,16H2,1-2H3. The van der Waals surface area contributed by atoms with Crippen molar-refractivity contribution in [3.05, 3.63) is 35.1 Å². The van der Waals surface area contributed by atoms with Crippen molar-refractivity contribution in [1.29, 1.82) is 0 Å². The molecule has 0 radical (unpaired) electrons. The second-order valence-electron chi connectivity index (χ2n) is 5.51. The van der Waals surface area contributed by atoms with Crippen molar-refractivity contribution < 1.29 is 4.39 Å². The number of likely N-dealkylation sites (tertiary alicyclic amines) is 1. The zero-order chi connectivity index (χ0) is 12.5. The minimum absolute atomic E-state index is 0.181. The highest BCUT2D eigenvalue weighted by Crippen LogP contribution is 2.29. The molecule has 2 rings (SSSR count).